The van der Waals surface area contributed by atoms with Gasteiger partial charge in [0.05, 0.1) is 0 Å². The molecule has 1 N–H and O–H groups in total. The number of hydrogen-bond acceptors (Lipinski definition) is 1. The molecule has 0 spiro atoms. The number of nitrogens with one attached hydrogen (secondary N) is 1. The highest BCUT2D eigenvalue weighted by Gasteiger charge is 2.10. The summed E-state index contributed by atoms with van der Waals surface area (Å²) in [6.45, 7) is 6.59. The monoisotopic (exact) mass is 342 g/mol. The zero-order chi connectivity index (χ0) is 17.2. The van der Waals surface area contributed by atoms with Crippen molar-refractivity contribution in [1.29, 1.82) is 0 Å². The molecule has 0 unspecified atom stereocenters. The van der Waals surface area contributed by atoms with Gasteiger partial charge in [-0.2, -0.15) is 0 Å². The Bertz CT molecular complexity index is 623. The number of anilines is 1. The Morgan fingerprint density at radius 1 is 0.875 bits per heavy atom. The number of hydrogen-bond donors (Lipinski definition) is 1. The summed E-state index contributed by atoms with van der Waals surface area (Å²) in [7, 11) is 0. The van der Waals surface area contributed by atoms with Crippen LogP contribution < -0.4 is 5.32 Å². The molecule has 0 bridgehead atoms. The van der Waals surface area contributed by atoms with Gasteiger partial charge in [0.25, 0.3) is 0 Å². The number of thiocarbonyl (C=S) groups is 1. The van der Waals surface area contributed by atoms with Crippen molar-refractivity contribution < 1.29 is 0 Å². The lowest BCUT2D eigenvalue weighted by Crippen LogP contribution is -2.36. The molecule has 0 atom stereocenters. The molecular formula is C21H30N2S. The smallest absolute Gasteiger partial charge is 0.173 e. The largest absolute Gasteiger partial charge is 0.349 e. The predicted octanol–water partition coefficient (Wildman–Crippen LogP) is 6.22. The molecule has 0 radical (unpaired) electrons. The first-order valence-corrected chi connectivity index (χ1v) is 9.70. The average Bonchev–Trinajstić information content (AvgIpc) is 2.61. The van der Waals surface area contributed by atoms with E-state index in [9.17, 15) is 0 Å². The fourth-order valence-electron chi connectivity index (χ4n) is 2.95. The number of benzene rings is 2. The third-order valence-electron chi connectivity index (χ3n) is 4.38. The normalized spacial score (nSPS) is 10.8. The summed E-state index contributed by atoms with van der Waals surface area (Å²) >= 11 is 5.73. The summed E-state index contributed by atoms with van der Waals surface area (Å²) in [6, 6.07) is 14.8. The van der Waals surface area contributed by atoms with Gasteiger partial charge in [-0.05, 0) is 36.5 Å². The molecule has 0 saturated carbocycles. The van der Waals surface area contributed by atoms with Gasteiger partial charge in [0.1, 0.15) is 0 Å². The lowest BCUT2D eigenvalue weighted by molar-refractivity contribution is 0.395. The van der Waals surface area contributed by atoms with Gasteiger partial charge >= 0.3 is 0 Å². The number of rotatable bonds is 9. The van der Waals surface area contributed by atoms with Crippen LogP contribution in [0.15, 0.2) is 42.5 Å². The molecule has 24 heavy (non-hydrogen) atoms. The maximum absolute atomic E-state index is 5.73. The minimum absolute atomic E-state index is 0.860. The Labute approximate surface area is 152 Å². The molecule has 3 heteroatoms. The van der Waals surface area contributed by atoms with Crippen LogP contribution in [-0.4, -0.2) is 23.1 Å². The quantitative estimate of drug-likeness (QED) is 0.430. The lowest BCUT2D eigenvalue weighted by atomic mass is 10.1. The first-order chi connectivity index (χ1) is 11.8. The zero-order valence-electron chi connectivity index (χ0n) is 15.1. The molecule has 2 aromatic carbocycles. The molecule has 0 aliphatic rings. The van der Waals surface area contributed by atoms with Gasteiger partial charge < -0.3 is 10.2 Å². The van der Waals surface area contributed by atoms with Crippen LogP contribution in [0.5, 0.6) is 0 Å². The van der Waals surface area contributed by atoms with Gasteiger partial charge in [-0.3, -0.25) is 0 Å². The maximum Gasteiger partial charge on any atom is 0.173 e. The van der Waals surface area contributed by atoms with Crippen LogP contribution in [0, 0.1) is 0 Å². The zero-order valence-corrected chi connectivity index (χ0v) is 15.9. The van der Waals surface area contributed by atoms with Crippen molar-refractivity contribution in [2.45, 2.75) is 52.4 Å². The predicted molar refractivity (Wildman–Crippen MR) is 111 cm³/mol. The molecule has 0 amide bonds. The molecule has 130 valence electrons. The molecule has 2 aromatic rings. The molecule has 0 aliphatic heterocycles. The van der Waals surface area contributed by atoms with E-state index in [1.165, 1.54) is 49.3 Å². The van der Waals surface area contributed by atoms with Gasteiger partial charge in [-0.1, -0.05) is 75.9 Å². The van der Waals surface area contributed by atoms with Crippen LogP contribution in [-0.2, 0) is 0 Å². The second kappa shape index (κ2) is 10.3. The Balaban J connectivity index is 2.06. The van der Waals surface area contributed by atoms with Gasteiger partial charge in [-0.25, -0.2) is 0 Å². The first kappa shape index (κ1) is 18.7. The first-order valence-electron chi connectivity index (χ1n) is 9.30. The molecule has 0 aromatic heterocycles. The highest BCUT2D eigenvalue weighted by Crippen LogP contribution is 2.23. The van der Waals surface area contributed by atoms with E-state index < -0.39 is 0 Å². The van der Waals surface area contributed by atoms with Gasteiger partial charge in [0.2, 0.25) is 0 Å². The SMILES string of the molecule is CCCCCN(CCCCC)C(=S)Nc1cccc2ccccc12. The summed E-state index contributed by atoms with van der Waals surface area (Å²) in [5, 5.41) is 6.83. The van der Waals surface area contributed by atoms with E-state index in [0.29, 0.717) is 0 Å². The number of nitrogens with zero attached hydrogens (tertiary/aromatic N) is 1. The number of fused-ring (bicyclic) bond motifs is 1. The van der Waals surface area contributed by atoms with Crippen LogP contribution in [0.2, 0.25) is 0 Å². The Morgan fingerprint density at radius 2 is 1.50 bits per heavy atom. The lowest BCUT2D eigenvalue weighted by Gasteiger charge is -2.26. The highest BCUT2D eigenvalue weighted by atomic mass is 32.1. The Kier molecular flexibility index (Phi) is 8.03. The Hall–Kier alpha value is -1.61. The van der Waals surface area contributed by atoms with Crippen molar-refractivity contribution >= 4 is 33.8 Å². The van der Waals surface area contributed by atoms with E-state index in [-0.39, 0.29) is 0 Å². The maximum atomic E-state index is 5.73. The van der Waals surface area contributed by atoms with Gasteiger partial charge in [0.15, 0.2) is 5.11 Å². The van der Waals surface area contributed by atoms with Crippen molar-refractivity contribution in [3.63, 3.8) is 0 Å². The average molecular weight is 343 g/mol. The molecule has 0 fully saturated rings. The van der Waals surface area contributed by atoms with E-state index in [2.05, 4.69) is 66.5 Å². The third-order valence-corrected chi connectivity index (χ3v) is 4.74. The van der Waals surface area contributed by atoms with Crippen LogP contribution in [0.25, 0.3) is 10.8 Å². The minimum Gasteiger partial charge on any atom is -0.349 e. The van der Waals surface area contributed by atoms with Crippen molar-refractivity contribution in [3.8, 4) is 0 Å². The fourth-order valence-corrected chi connectivity index (χ4v) is 3.24. The Morgan fingerprint density at radius 3 is 2.17 bits per heavy atom. The van der Waals surface area contributed by atoms with Crippen molar-refractivity contribution in [1.82, 2.24) is 4.90 Å². The van der Waals surface area contributed by atoms with E-state index in [0.717, 1.165) is 23.9 Å². The van der Waals surface area contributed by atoms with E-state index in [4.69, 9.17) is 12.2 Å². The van der Waals surface area contributed by atoms with Crippen LogP contribution in [0.3, 0.4) is 0 Å². The van der Waals surface area contributed by atoms with Crippen molar-refractivity contribution in [3.05, 3.63) is 42.5 Å². The summed E-state index contributed by atoms with van der Waals surface area (Å²) in [5.41, 5.74) is 1.11. The van der Waals surface area contributed by atoms with Gasteiger partial charge in [-0.15, -0.1) is 0 Å². The summed E-state index contributed by atoms with van der Waals surface area (Å²) in [4.78, 5) is 2.35. The van der Waals surface area contributed by atoms with Crippen LogP contribution in [0.4, 0.5) is 5.69 Å². The second-order valence-corrected chi connectivity index (χ2v) is 6.74. The van der Waals surface area contributed by atoms with Crippen LogP contribution in [0.1, 0.15) is 52.4 Å². The summed E-state index contributed by atoms with van der Waals surface area (Å²) in [6.07, 6.45) is 7.43. The molecule has 0 heterocycles. The number of unbranched alkanes of at least 4 members (excludes halogenated alkanes) is 4. The van der Waals surface area contributed by atoms with Gasteiger partial charge in [0, 0.05) is 24.2 Å². The standard InChI is InChI=1S/C21H30N2S/c1-3-5-9-16-23(17-10-6-4-2)21(24)22-20-15-11-13-18-12-7-8-14-19(18)20/h7-8,11-15H,3-6,9-10,16-17H2,1-2H3,(H,22,24). The summed E-state index contributed by atoms with van der Waals surface area (Å²) in [5.74, 6) is 0. The molecule has 2 nitrogen and oxygen atoms in total. The molecular weight excluding hydrogens is 312 g/mol. The van der Waals surface area contributed by atoms with Crippen molar-refractivity contribution in [2.75, 3.05) is 18.4 Å². The van der Waals surface area contributed by atoms with Crippen molar-refractivity contribution in [2.24, 2.45) is 0 Å². The molecule has 2 rings (SSSR count). The molecule has 0 saturated heterocycles. The summed E-state index contributed by atoms with van der Waals surface area (Å²) < 4.78 is 0. The molecule has 0 aliphatic carbocycles. The fraction of sp³-hybridized carbons (Fsp3) is 0.476. The topological polar surface area (TPSA) is 15.3 Å². The van der Waals surface area contributed by atoms with E-state index in [1.54, 1.807) is 0 Å². The van der Waals surface area contributed by atoms with Crippen LogP contribution >= 0.6 is 12.2 Å². The second-order valence-electron chi connectivity index (χ2n) is 6.36. The van der Waals surface area contributed by atoms with E-state index >= 15 is 0 Å². The highest BCUT2D eigenvalue weighted by molar-refractivity contribution is 7.80. The van der Waals surface area contributed by atoms with E-state index in [1.807, 2.05) is 0 Å². The third kappa shape index (κ3) is 5.48. The minimum atomic E-state index is 0.860.